The van der Waals surface area contributed by atoms with Gasteiger partial charge in [-0.15, -0.1) is 21.5 Å². The molecule has 0 aliphatic carbocycles. The number of ether oxygens (including phenoxy) is 2. The zero-order chi connectivity index (χ0) is 19.1. The van der Waals surface area contributed by atoms with E-state index in [2.05, 4.69) is 20.5 Å². The van der Waals surface area contributed by atoms with Crippen LogP contribution in [0.25, 0.3) is 11.3 Å². The number of carbonyl (C=O) groups excluding carboxylic acids is 1. The van der Waals surface area contributed by atoms with E-state index in [1.54, 1.807) is 0 Å². The number of aromatic nitrogens is 4. The molecule has 4 heterocycles. The van der Waals surface area contributed by atoms with E-state index in [4.69, 9.17) is 9.47 Å². The molecule has 0 saturated heterocycles. The minimum Gasteiger partial charge on any atom is -0.486 e. The first-order valence-electron chi connectivity index (χ1n) is 9.22. The van der Waals surface area contributed by atoms with Gasteiger partial charge < -0.3 is 19.4 Å². The zero-order valence-electron chi connectivity index (χ0n) is 15.3. The number of benzene rings is 1. The molecule has 144 valence electrons. The van der Waals surface area contributed by atoms with Crippen molar-refractivity contribution in [3.63, 3.8) is 0 Å². The fourth-order valence-corrected chi connectivity index (χ4v) is 4.27. The second-order valence-corrected chi connectivity index (χ2v) is 7.75. The Kier molecular flexibility index (Phi) is 4.23. The summed E-state index contributed by atoms with van der Waals surface area (Å²) in [6.07, 6.45) is 1.53. The Morgan fingerprint density at radius 1 is 1.25 bits per heavy atom. The van der Waals surface area contributed by atoms with Crippen molar-refractivity contribution in [2.75, 3.05) is 18.5 Å². The highest BCUT2D eigenvalue weighted by Gasteiger charge is 2.27. The lowest BCUT2D eigenvalue weighted by Gasteiger charge is -2.22. The molecule has 8 nitrogen and oxygen atoms in total. The molecule has 2 aliphatic rings. The Bertz CT molecular complexity index is 1040. The van der Waals surface area contributed by atoms with Gasteiger partial charge in [0.25, 0.3) is 0 Å². The summed E-state index contributed by atoms with van der Waals surface area (Å²) in [7, 11) is 0. The molecule has 2 aromatic heterocycles. The highest BCUT2D eigenvalue weighted by Crippen LogP contribution is 2.35. The first-order valence-corrected chi connectivity index (χ1v) is 10.1. The highest BCUT2D eigenvalue weighted by atomic mass is 32.1. The van der Waals surface area contributed by atoms with Crippen LogP contribution in [0.3, 0.4) is 0 Å². The molecule has 0 bridgehead atoms. The van der Waals surface area contributed by atoms with Crippen LogP contribution in [0.4, 0.5) is 5.13 Å². The monoisotopic (exact) mass is 397 g/mol. The maximum Gasteiger partial charge on any atom is 0.231 e. The van der Waals surface area contributed by atoms with Crippen LogP contribution in [-0.4, -0.2) is 38.9 Å². The molecular weight excluding hydrogens is 378 g/mol. The molecule has 5 rings (SSSR count). The van der Waals surface area contributed by atoms with Crippen LogP contribution in [0.5, 0.6) is 11.5 Å². The van der Waals surface area contributed by atoms with Crippen molar-refractivity contribution >= 4 is 22.4 Å². The van der Waals surface area contributed by atoms with E-state index in [1.165, 1.54) is 11.3 Å². The van der Waals surface area contributed by atoms with Crippen molar-refractivity contribution in [2.24, 2.45) is 5.92 Å². The first kappa shape index (κ1) is 17.2. The average Bonchev–Trinajstić information content (AvgIpc) is 3.34. The molecule has 28 heavy (non-hydrogen) atoms. The molecule has 1 aromatic carbocycles. The van der Waals surface area contributed by atoms with E-state index in [0.29, 0.717) is 24.9 Å². The van der Waals surface area contributed by atoms with Gasteiger partial charge in [0.2, 0.25) is 5.91 Å². The van der Waals surface area contributed by atoms with Crippen LogP contribution in [-0.2, 0) is 17.8 Å². The van der Waals surface area contributed by atoms with Crippen LogP contribution in [0.1, 0.15) is 18.1 Å². The SMILES string of the molecule is Cc1nnc2n1C[C@@H](C(=O)Nc1nc(-c3ccc4c(c3)OCCO4)cs1)CC2. The van der Waals surface area contributed by atoms with Gasteiger partial charge in [0.1, 0.15) is 24.9 Å². The van der Waals surface area contributed by atoms with Gasteiger partial charge in [-0.1, -0.05) is 0 Å². The molecule has 2 aliphatic heterocycles. The minimum atomic E-state index is -0.108. The number of hydrogen-bond acceptors (Lipinski definition) is 7. The van der Waals surface area contributed by atoms with E-state index in [1.807, 2.05) is 35.1 Å². The predicted octanol–water partition coefficient (Wildman–Crippen LogP) is 2.68. The molecule has 1 atom stereocenters. The maximum absolute atomic E-state index is 12.7. The van der Waals surface area contributed by atoms with Crippen LogP contribution >= 0.6 is 11.3 Å². The summed E-state index contributed by atoms with van der Waals surface area (Å²) in [5.74, 6) is 3.16. The normalized spacial score (nSPS) is 17.8. The van der Waals surface area contributed by atoms with Crippen LogP contribution in [0.15, 0.2) is 23.6 Å². The molecule has 0 saturated carbocycles. The standard InChI is InChI=1S/C19H19N5O3S/c1-11-22-23-17-5-3-13(9-24(11)17)18(25)21-19-20-14(10-28-19)12-2-4-15-16(8-12)27-7-6-26-15/h2,4,8,10,13H,3,5-7,9H2,1H3,(H,20,21,25)/t13-/m0/s1. The molecule has 9 heteroatoms. The number of rotatable bonds is 3. The molecule has 0 unspecified atom stereocenters. The maximum atomic E-state index is 12.7. The van der Waals surface area contributed by atoms with Gasteiger partial charge in [-0.25, -0.2) is 4.98 Å². The van der Waals surface area contributed by atoms with E-state index in [9.17, 15) is 4.79 Å². The van der Waals surface area contributed by atoms with Crippen molar-refractivity contribution in [3.05, 3.63) is 35.2 Å². The first-order chi connectivity index (χ1) is 13.7. The molecule has 1 amide bonds. The van der Waals surface area contributed by atoms with Crippen molar-refractivity contribution in [3.8, 4) is 22.8 Å². The zero-order valence-corrected chi connectivity index (χ0v) is 16.2. The summed E-state index contributed by atoms with van der Waals surface area (Å²) in [5, 5.41) is 13.7. The molecular formula is C19H19N5O3S. The molecule has 1 N–H and O–H groups in total. The molecule has 0 fully saturated rings. The van der Waals surface area contributed by atoms with E-state index in [0.717, 1.165) is 47.2 Å². The van der Waals surface area contributed by atoms with Crippen molar-refractivity contribution in [1.82, 2.24) is 19.7 Å². The second kappa shape index (κ2) is 6.90. The van der Waals surface area contributed by atoms with E-state index in [-0.39, 0.29) is 11.8 Å². The largest absolute Gasteiger partial charge is 0.486 e. The van der Waals surface area contributed by atoms with Gasteiger partial charge in [0.05, 0.1) is 11.6 Å². The van der Waals surface area contributed by atoms with E-state index < -0.39 is 0 Å². The summed E-state index contributed by atoms with van der Waals surface area (Å²) in [4.78, 5) is 17.3. The lowest BCUT2D eigenvalue weighted by Crippen LogP contribution is -2.31. The fourth-order valence-electron chi connectivity index (χ4n) is 3.55. The van der Waals surface area contributed by atoms with Gasteiger partial charge in [-0.2, -0.15) is 0 Å². The van der Waals surface area contributed by atoms with E-state index >= 15 is 0 Å². The van der Waals surface area contributed by atoms with Gasteiger partial charge in [-0.05, 0) is 31.5 Å². The summed E-state index contributed by atoms with van der Waals surface area (Å²) in [5.41, 5.74) is 1.74. The highest BCUT2D eigenvalue weighted by molar-refractivity contribution is 7.14. The number of aryl methyl sites for hydroxylation is 2. The summed E-state index contributed by atoms with van der Waals surface area (Å²) in [6.45, 7) is 3.64. The molecule has 0 spiro atoms. The lowest BCUT2D eigenvalue weighted by molar-refractivity contribution is -0.120. The van der Waals surface area contributed by atoms with Gasteiger partial charge in [-0.3, -0.25) is 4.79 Å². The van der Waals surface area contributed by atoms with Gasteiger partial charge in [0.15, 0.2) is 16.6 Å². The Labute approximate surface area is 165 Å². The third-order valence-electron chi connectivity index (χ3n) is 5.07. The smallest absolute Gasteiger partial charge is 0.231 e. The number of fused-ring (bicyclic) bond motifs is 2. The Hall–Kier alpha value is -2.94. The Balaban J connectivity index is 1.29. The van der Waals surface area contributed by atoms with Crippen molar-refractivity contribution < 1.29 is 14.3 Å². The van der Waals surface area contributed by atoms with Crippen LogP contribution < -0.4 is 14.8 Å². The summed E-state index contributed by atoms with van der Waals surface area (Å²) < 4.78 is 13.2. The molecule has 3 aromatic rings. The predicted molar refractivity (Wildman–Crippen MR) is 104 cm³/mol. The second-order valence-electron chi connectivity index (χ2n) is 6.90. The van der Waals surface area contributed by atoms with Crippen molar-refractivity contribution in [1.29, 1.82) is 0 Å². The quantitative estimate of drug-likeness (QED) is 0.731. The number of hydrogen-bond donors (Lipinski definition) is 1. The minimum absolute atomic E-state index is 0.0122. The Morgan fingerprint density at radius 2 is 2.11 bits per heavy atom. The van der Waals surface area contributed by atoms with Gasteiger partial charge in [0, 0.05) is 23.9 Å². The third-order valence-corrected chi connectivity index (χ3v) is 5.83. The topological polar surface area (TPSA) is 91.2 Å². The average molecular weight is 397 g/mol. The number of anilines is 1. The summed E-state index contributed by atoms with van der Waals surface area (Å²) in [6, 6.07) is 5.76. The number of nitrogens with zero attached hydrogens (tertiary/aromatic N) is 4. The number of thiazole rings is 1. The van der Waals surface area contributed by atoms with Gasteiger partial charge >= 0.3 is 0 Å². The van der Waals surface area contributed by atoms with Crippen LogP contribution in [0, 0.1) is 12.8 Å². The number of amides is 1. The molecule has 0 radical (unpaired) electrons. The Morgan fingerprint density at radius 3 is 3.00 bits per heavy atom. The van der Waals surface area contributed by atoms with Crippen LogP contribution in [0.2, 0.25) is 0 Å². The summed E-state index contributed by atoms with van der Waals surface area (Å²) >= 11 is 1.42. The number of carbonyl (C=O) groups is 1. The lowest BCUT2D eigenvalue weighted by atomic mass is 9.98. The number of nitrogens with one attached hydrogen (secondary N) is 1. The van der Waals surface area contributed by atoms with Crippen molar-refractivity contribution in [2.45, 2.75) is 26.3 Å². The third kappa shape index (κ3) is 3.11. The fraction of sp³-hybridized carbons (Fsp3) is 0.368.